The number of nitrogens with zero attached hydrogens (tertiary/aromatic N) is 2. The summed E-state index contributed by atoms with van der Waals surface area (Å²) in [6, 6.07) is 18.9. The fourth-order valence-corrected chi connectivity index (χ4v) is 3.47. The summed E-state index contributed by atoms with van der Waals surface area (Å²) in [5.74, 6) is -1.18. The molecule has 32 heavy (non-hydrogen) atoms. The number of hydrogen-bond acceptors (Lipinski definition) is 3. The fourth-order valence-electron chi connectivity index (χ4n) is 3.47. The van der Waals surface area contributed by atoms with Crippen LogP contribution in [-0.4, -0.2) is 26.4 Å². The number of benzene rings is 2. The highest BCUT2D eigenvalue weighted by Gasteiger charge is 2.12. The van der Waals surface area contributed by atoms with Crippen LogP contribution in [0.5, 0.6) is 0 Å². The summed E-state index contributed by atoms with van der Waals surface area (Å²) in [5.41, 5.74) is 6.96. The van der Waals surface area contributed by atoms with Crippen LogP contribution in [0.4, 0.5) is 5.69 Å². The second-order valence-corrected chi connectivity index (χ2v) is 7.73. The molecule has 6 nitrogen and oxygen atoms in total. The van der Waals surface area contributed by atoms with Gasteiger partial charge in [-0.1, -0.05) is 42.0 Å². The number of amides is 1. The van der Waals surface area contributed by atoms with Gasteiger partial charge in [0.05, 0.1) is 17.8 Å². The van der Waals surface area contributed by atoms with Crippen molar-refractivity contribution in [1.29, 1.82) is 0 Å². The van der Waals surface area contributed by atoms with Crippen LogP contribution < -0.4 is 5.32 Å². The number of aromatic nitrogens is 2. The van der Waals surface area contributed by atoms with Gasteiger partial charge in [0.1, 0.15) is 5.65 Å². The van der Waals surface area contributed by atoms with Gasteiger partial charge in [0, 0.05) is 23.5 Å². The van der Waals surface area contributed by atoms with Crippen molar-refractivity contribution in [2.24, 2.45) is 0 Å². The van der Waals surface area contributed by atoms with E-state index in [-0.39, 0.29) is 12.3 Å². The first-order chi connectivity index (χ1) is 15.4. The van der Waals surface area contributed by atoms with Crippen molar-refractivity contribution in [2.75, 3.05) is 5.32 Å². The van der Waals surface area contributed by atoms with Crippen LogP contribution in [0, 0.1) is 13.8 Å². The number of carbonyl (C=O) groups is 2. The van der Waals surface area contributed by atoms with E-state index >= 15 is 0 Å². The maximum absolute atomic E-state index is 12.5. The van der Waals surface area contributed by atoms with Crippen molar-refractivity contribution >= 4 is 29.3 Å². The lowest BCUT2D eigenvalue weighted by atomic mass is 10.1. The minimum Gasteiger partial charge on any atom is -0.481 e. The highest BCUT2D eigenvalue weighted by molar-refractivity contribution is 6.02. The first kappa shape index (κ1) is 21.1. The summed E-state index contributed by atoms with van der Waals surface area (Å²) < 4.78 is 1.96. The summed E-state index contributed by atoms with van der Waals surface area (Å²) in [5, 5.41) is 11.7. The number of carboxylic acid groups (broad SMARTS) is 1. The normalized spacial score (nSPS) is 11.2. The van der Waals surface area contributed by atoms with Crippen molar-refractivity contribution in [3.05, 3.63) is 95.3 Å². The molecule has 0 aliphatic carbocycles. The molecule has 4 rings (SSSR count). The largest absolute Gasteiger partial charge is 0.481 e. The van der Waals surface area contributed by atoms with E-state index < -0.39 is 5.97 Å². The number of fused-ring (bicyclic) bond motifs is 1. The predicted molar refractivity (Wildman–Crippen MR) is 126 cm³/mol. The third kappa shape index (κ3) is 4.75. The highest BCUT2D eigenvalue weighted by atomic mass is 16.4. The van der Waals surface area contributed by atoms with Gasteiger partial charge >= 0.3 is 5.97 Å². The maximum atomic E-state index is 12.5. The van der Waals surface area contributed by atoms with E-state index in [9.17, 15) is 9.59 Å². The van der Waals surface area contributed by atoms with Gasteiger partial charge in [0.15, 0.2) is 0 Å². The molecule has 160 valence electrons. The van der Waals surface area contributed by atoms with E-state index in [1.807, 2.05) is 60.8 Å². The number of hydrogen-bond donors (Lipinski definition) is 2. The topological polar surface area (TPSA) is 83.7 Å². The number of pyridine rings is 1. The van der Waals surface area contributed by atoms with E-state index in [1.54, 1.807) is 30.3 Å². The molecule has 0 aliphatic rings. The molecule has 2 N–H and O–H groups in total. The van der Waals surface area contributed by atoms with E-state index in [4.69, 9.17) is 10.1 Å². The number of carboxylic acids is 1. The van der Waals surface area contributed by atoms with E-state index in [0.29, 0.717) is 11.3 Å². The lowest BCUT2D eigenvalue weighted by Gasteiger charge is -2.04. The van der Waals surface area contributed by atoms with Crippen LogP contribution in [-0.2, 0) is 16.0 Å². The average Bonchev–Trinajstić information content (AvgIpc) is 3.11. The summed E-state index contributed by atoms with van der Waals surface area (Å²) in [6.45, 7) is 4.06. The van der Waals surface area contributed by atoms with Gasteiger partial charge < -0.3 is 10.4 Å². The second kappa shape index (κ2) is 8.89. The summed E-state index contributed by atoms with van der Waals surface area (Å²) in [6.07, 6.45) is 5.14. The first-order valence-electron chi connectivity index (χ1n) is 10.2. The van der Waals surface area contributed by atoms with Crippen LogP contribution in [0.15, 0.2) is 72.9 Å². The molecule has 1 amide bonds. The first-order valence-corrected chi connectivity index (χ1v) is 10.2. The third-order valence-corrected chi connectivity index (χ3v) is 5.11. The number of rotatable bonds is 6. The molecular formula is C26H23N3O3. The number of anilines is 1. The molecule has 2 aromatic carbocycles. The molecule has 0 bridgehead atoms. The van der Waals surface area contributed by atoms with E-state index in [1.165, 1.54) is 11.6 Å². The summed E-state index contributed by atoms with van der Waals surface area (Å²) in [4.78, 5) is 28.1. The van der Waals surface area contributed by atoms with Crippen molar-refractivity contribution < 1.29 is 14.7 Å². The van der Waals surface area contributed by atoms with Gasteiger partial charge in [-0.05, 0) is 55.3 Å². The SMILES string of the molecule is Cc1ccc(-c2nc3cc(C)ccn3c2/C=C/C(=O)Nc2ccc(CC(=O)O)cc2)cc1. The fraction of sp³-hybridized carbons (Fsp3) is 0.115. The number of aliphatic carboxylic acids is 1. The van der Waals surface area contributed by atoms with Crippen LogP contribution in [0.3, 0.4) is 0 Å². The molecule has 0 spiro atoms. The number of nitrogens with one attached hydrogen (secondary N) is 1. The Kier molecular flexibility index (Phi) is 5.85. The minimum atomic E-state index is -0.891. The molecule has 0 fully saturated rings. The van der Waals surface area contributed by atoms with E-state index in [0.717, 1.165) is 28.2 Å². The highest BCUT2D eigenvalue weighted by Crippen LogP contribution is 2.26. The Morgan fingerprint density at radius 3 is 2.41 bits per heavy atom. The quantitative estimate of drug-likeness (QED) is 0.431. The van der Waals surface area contributed by atoms with Crippen molar-refractivity contribution in [1.82, 2.24) is 9.38 Å². The molecule has 0 saturated carbocycles. The molecule has 2 heterocycles. The Hall–Kier alpha value is -4.19. The molecule has 0 saturated heterocycles. The lowest BCUT2D eigenvalue weighted by molar-refractivity contribution is -0.136. The number of aryl methyl sites for hydroxylation is 2. The zero-order valence-corrected chi connectivity index (χ0v) is 17.9. The zero-order chi connectivity index (χ0) is 22.7. The van der Waals surface area contributed by atoms with Gasteiger partial charge in [-0.3, -0.25) is 14.0 Å². The molecule has 6 heteroatoms. The molecule has 2 aromatic heterocycles. The van der Waals surface area contributed by atoms with Gasteiger partial charge in [-0.2, -0.15) is 0 Å². The van der Waals surface area contributed by atoms with Crippen molar-refractivity contribution in [2.45, 2.75) is 20.3 Å². The smallest absolute Gasteiger partial charge is 0.307 e. The lowest BCUT2D eigenvalue weighted by Crippen LogP contribution is -2.08. The van der Waals surface area contributed by atoms with Crippen LogP contribution in [0.1, 0.15) is 22.4 Å². The number of carbonyl (C=O) groups excluding carboxylic acids is 1. The average molecular weight is 425 g/mol. The third-order valence-electron chi connectivity index (χ3n) is 5.11. The van der Waals surface area contributed by atoms with Crippen LogP contribution >= 0.6 is 0 Å². The molecule has 0 atom stereocenters. The van der Waals surface area contributed by atoms with Gasteiger partial charge in [0.25, 0.3) is 0 Å². The standard InChI is InChI=1S/C26H23N3O3/c1-17-3-7-20(8-4-17)26-22(29-14-13-18(2)15-23(29)28-26)11-12-24(30)27-21-9-5-19(6-10-21)16-25(31)32/h3-15H,16H2,1-2H3,(H,27,30)(H,31,32)/b12-11+. The Bertz CT molecular complexity index is 1320. The zero-order valence-electron chi connectivity index (χ0n) is 17.9. The monoisotopic (exact) mass is 425 g/mol. The van der Waals surface area contributed by atoms with E-state index in [2.05, 4.69) is 5.32 Å². The van der Waals surface area contributed by atoms with Crippen LogP contribution in [0.25, 0.3) is 23.0 Å². The second-order valence-electron chi connectivity index (χ2n) is 7.73. The summed E-state index contributed by atoms with van der Waals surface area (Å²) in [7, 11) is 0. The summed E-state index contributed by atoms with van der Waals surface area (Å²) >= 11 is 0. The Labute approximate surface area is 185 Å². The molecular weight excluding hydrogens is 402 g/mol. The predicted octanol–water partition coefficient (Wildman–Crippen LogP) is 4.90. The minimum absolute atomic E-state index is 0.0519. The van der Waals surface area contributed by atoms with Gasteiger partial charge in [0.2, 0.25) is 5.91 Å². The maximum Gasteiger partial charge on any atom is 0.307 e. The van der Waals surface area contributed by atoms with Gasteiger partial charge in [-0.25, -0.2) is 4.98 Å². The van der Waals surface area contributed by atoms with Gasteiger partial charge in [-0.15, -0.1) is 0 Å². The molecule has 4 aromatic rings. The van der Waals surface area contributed by atoms with Crippen LogP contribution in [0.2, 0.25) is 0 Å². The number of imidazole rings is 1. The molecule has 0 radical (unpaired) electrons. The molecule has 0 unspecified atom stereocenters. The van der Waals surface area contributed by atoms with Crippen molar-refractivity contribution in [3.8, 4) is 11.3 Å². The molecule has 0 aliphatic heterocycles. The Morgan fingerprint density at radius 2 is 1.72 bits per heavy atom. The van der Waals surface area contributed by atoms with Crippen molar-refractivity contribution in [3.63, 3.8) is 0 Å². The Morgan fingerprint density at radius 1 is 1.00 bits per heavy atom. The Balaban J connectivity index is 1.61.